The molecule has 0 saturated heterocycles. The smallest absolute Gasteiger partial charge is 0.366 e. The first-order valence-electron chi connectivity index (χ1n) is 10.8. The van der Waals surface area contributed by atoms with Crippen molar-refractivity contribution in [3.05, 3.63) is 71.2 Å². The Kier molecular flexibility index (Phi) is 8.44. The molecule has 2 aromatic heterocycles. The van der Waals surface area contributed by atoms with Crippen molar-refractivity contribution < 1.29 is 22.0 Å². The summed E-state index contributed by atoms with van der Waals surface area (Å²) in [4.78, 5) is 18.9. The van der Waals surface area contributed by atoms with Crippen molar-refractivity contribution in [1.82, 2.24) is 19.9 Å². The predicted octanol–water partition coefficient (Wildman–Crippen LogP) is 5.21. The third-order valence-electron chi connectivity index (χ3n) is 5.01. The van der Waals surface area contributed by atoms with Gasteiger partial charge in [0.15, 0.2) is 5.82 Å². The highest BCUT2D eigenvalue weighted by Gasteiger charge is 2.31. The molecule has 2 heterocycles. The molecule has 0 aliphatic rings. The first-order valence-corrected chi connectivity index (χ1v) is 10.8. The van der Waals surface area contributed by atoms with Gasteiger partial charge in [-0.2, -0.15) is 13.2 Å². The van der Waals surface area contributed by atoms with E-state index in [0.29, 0.717) is 18.0 Å². The molecule has 0 unspecified atom stereocenters. The third kappa shape index (κ3) is 7.51. The minimum atomic E-state index is -4.58. The third-order valence-corrected chi connectivity index (χ3v) is 5.01. The molecule has 1 aromatic carbocycles. The molecule has 35 heavy (non-hydrogen) atoms. The number of aliphatic imine (C=N–C) groups is 1. The summed E-state index contributed by atoms with van der Waals surface area (Å²) in [6.07, 6.45) is -1.80. The van der Waals surface area contributed by atoms with E-state index in [1.807, 2.05) is 19.0 Å². The Balaban J connectivity index is 1.94. The molecular formula is C24H25F5N6. The normalized spacial score (nSPS) is 12.3. The van der Waals surface area contributed by atoms with E-state index in [9.17, 15) is 22.0 Å². The highest BCUT2D eigenvalue weighted by Crippen LogP contribution is 2.31. The molecule has 0 bridgehead atoms. The number of benzene rings is 1. The van der Waals surface area contributed by atoms with Crippen molar-refractivity contribution in [1.29, 1.82) is 0 Å². The molecule has 11 heteroatoms. The average molecular weight is 492 g/mol. The fourth-order valence-corrected chi connectivity index (χ4v) is 3.14. The second kappa shape index (κ2) is 11.3. The SMILES string of the molecule is CC(=NCCCN(C)C)c1cc(NCc2ccc(F)cc2F)nc(-c2cncc(C(F)(F)F)c2)n1. The van der Waals surface area contributed by atoms with Crippen LogP contribution in [-0.2, 0) is 12.7 Å². The number of hydrogen-bond donors (Lipinski definition) is 1. The van der Waals surface area contributed by atoms with Gasteiger partial charge >= 0.3 is 6.18 Å². The Morgan fingerprint density at radius 3 is 2.51 bits per heavy atom. The molecule has 3 aromatic rings. The number of nitrogens with zero attached hydrogens (tertiary/aromatic N) is 5. The van der Waals surface area contributed by atoms with E-state index in [0.717, 1.165) is 37.4 Å². The Bertz CT molecular complexity index is 1190. The van der Waals surface area contributed by atoms with Gasteiger partial charge < -0.3 is 10.2 Å². The quantitative estimate of drug-likeness (QED) is 0.252. The van der Waals surface area contributed by atoms with Gasteiger partial charge in [-0.25, -0.2) is 18.7 Å². The van der Waals surface area contributed by atoms with E-state index in [1.165, 1.54) is 12.3 Å². The lowest BCUT2D eigenvalue weighted by atomic mass is 10.1. The Hall–Kier alpha value is -3.47. The molecule has 3 rings (SSSR count). The summed E-state index contributed by atoms with van der Waals surface area (Å²) in [5.74, 6) is -1.18. The average Bonchev–Trinajstić information content (AvgIpc) is 2.80. The highest BCUT2D eigenvalue weighted by atomic mass is 19.4. The summed E-state index contributed by atoms with van der Waals surface area (Å²) in [5, 5.41) is 2.94. The van der Waals surface area contributed by atoms with Crippen LogP contribution in [0.15, 0.2) is 47.7 Å². The van der Waals surface area contributed by atoms with Gasteiger partial charge in [0.1, 0.15) is 17.5 Å². The summed E-state index contributed by atoms with van der Waals surface area (Å²) >= 11 is 0. The van der Waals surface area contributed by atoms with Gasteiger partial charge in [0.05, 0.1) is 17.0 Å². The number of aromatic nitrogens is 3. The van der Waals surface area contributed by atoms with Gasteiger partial charge in [0.2, 0.25) is 0 Å². The molecule has 0 amide bonds. The van der Waals surface area contributed by atoms with Crippen LogP contribution < -0.4 is 5.32 Å². The predicted molar refractivity (Wildman–Crippen MR) is 124 cm³/mol. The minimum Gasteiger partial charge on any atom is -0.366 e. The Morgan fingerprint density at radius 1 is 1.06 bits per heavy atom. The fourth-order valence-electron chi connectivity index (χ4n) is 3.14. The number of anilines is 1. The van der Waals surface area contributed by atoms with Crippen LogP contribution in [0.4, 0.5) is 27.8 Å². The van der Waals surface area contributed by atoms with Crippen molar-refractivity contribution in [3.63, 3.8) is 0 Å². The zero-order valence-electron chi connectivity index (χ0n) is 19.5. The summed E-state index contributed by atoms with van der Waals surface area (Å²) in [7, 11) is 3.91. The zero-order valence-corrected chi connectivity index (χ0v) is 19.5. The van der Waals surface area contributed by atoms with Crippen molar-refractivity contribution in [2.24, 2.45) is 4.99 Å². The van der Waals surface area contributed by atoms with Crippen LogP contribution in [-0.4, -0.2) is 52.7 Å². The monoisotopic (exact) mass is 492 g/mol. The van der Waals surface area contributed by atoms with Crippen LogP contribution in [0.3, 0.4) is 0 Å². The standard InChI is InChI=1S/C24H25F5N6/c1-15(31-7-4-8-35(2)3)21-11-22(32-13-16-5-6-19(25)10-20(16)26)34-23(33-21)17-9-18(14-30-12-17)24(27,28)29/h5-6,9-12,14H,4,7-8,13H2,1-3H3,(H,32,33,34). The van der Waals surface area contributed by atoms with Crippen LogP contribution in [0, 0.1) is 11.6 Å². The van der Waals surface area contributed by atoms with Gasteiger partial charge in [-0.05, 0) is 46.1 Å². The van der Waals surface area contributed by atoms with Crippen LogP contribution in [0.25, 0.3) is 11.4 Å². The lowest BCUT2D eigenvalue weighted by molar-refractivity contribution is -0.137. The van der Waals surface area contributed by atoms with Gasteiger partial charge in [0.25, 0.3) is 0 Å². The molecular weight excluding hydrogens is 467 g/mol. The first-order chi connectivity index (χ1) is 16.5. The molecule has 0 saturated carbocycles. The van der Waals surface area contributed by atoms with E-state index in [1.54, 1.807) is 13.0 Å². The van der Waals surface area contributed by atoms with E-state index in [2.05, 4.69) is 25.3 Å². The zero-order chi connectivity index (χ0) is 25.6. The molecule has 0 aliphatic heterocycles. The van der Waals surface area contributed by atoms with Gasteiger partial charge in [-0.15, -0.1) is 0 Å². The summed E-state index contributed by atoms with van der Waals surface area (Å²) in [6.45, 7) is 3.10. The molecule has 6 nitrogen and oxygen atoms in total. The van der Waals surface area contributed by atoms with Crippen LogP contribution in [0.5, 0.6) is 0 Å². The minimum absolute atomic E-state index is 0.00557. The highest BCUT2D eigenvalue weighted by molar-refractivity contribution is 5.97. The second-order valence-corrected chi connectivity index (χ2v) is 8.14. The first kappa shape index (κ1) is 26.1. The lowest BCUT2D eigenvalue weighted by Crippen LogP contribution is -2.14. The summed E-state index contributed by atoms with van der Waals surface area (Å²) in [5.41, 5.74) is 0.310. The molecule has 0 aliphatic carbocycles. The topological polar surface area (TPSA) is 66.3 Å². The molecule has 0 radical (unpaired) electrons. The molecule has 0 atom stereocenters. The van der Waals surface area contributed by atoms with Gasteiger partial charge in [-0.3, -0.25) is 9.98 Å². The fraction of sp³-hybridized carbons (Fsp3) is 0.333. The molecule has 0 fully saturated rings. The van der Waals surface area contributed by atoms with Gasteiger partial charge in [-0.1, -0.05) is 6.07 Å². The van der Waals surface area contributed by atoms with E-state index < -0.39 is 23.4 Å². The Morgan fingerprint density at radius 2 is 1.83 bits per heavy atom. The maximum absolute atomic E-state index is 14.0. The summed E-state index contributed by atoms with van der Waals surface area (Å²) in [6, 6.07) is 5.70. The number of halogens is 5. The van der Waals surface area contributed by atoms with Crippen LogP contribution in [0.2, 0.25) is 0 Å². The van der Waals surface area contributed by atoms with Crippen LogP contribution >= 0.6 is 0 Å². The Labute approximate surface area is 200 Å². The van der Waals surface area contributed by atoms with E-state index in [4.69, 9.17) is 0 Å². The van der Waals surface area contributed by atoms with Crippen molar-refractivity contribution in [2.45, 2.75) is 26.1 Å². The number of rotatable bonds is 9. The number of hydrogen-bond acceptors (Lipinski definition) is 6. The van der Waals surface area contributed by atoms with E-state index >= 15 is 0 Å². The van der Waals surface area contributed by atoms with Crippen LogP contribution in [0.1, 0.15) is 30.2 Å². The maximum atomic E-state index is 14.0. The lowest BCUT2D eigenvalue weighted by Gasteiger charge is -2.12. The van der Waals surface area contributed by atoms with Crippen molar-refractivity contribution in [2.75, 3.05) is 32.5 Å². The number of nitrogens with one attached hydrogen (secondary N) is 1. The van der Waals surface area contributed by atoms with Gasteiger partial charge in [0, 0.05) is 48.7 Å². The molecule has 186 valence electrons. The maximum Gasteiger partial charge on any atom is 0.417 e. The molecule has 1 N–H and O–H groups in total. The number of alkyl halides is 3. The largest absolute Gasteiger partial charge is 0.417 e. The summed E-state index contributed by atoms with van der Waals surface area (Å²) < 4.78 is 66.8. The van der Waals surface area contributed by atoms with E-state index in [-0.39, 0.29) is 29.3 Å². The van der Waals surface area contributed by atoms with Crippen molar-refractivity contribution in [3.8, 4) is 11.4 Å². The van der Waals surface area contributed by atoms with Crippen molar-refractivity contribution >= 4 is 11.5 Å². The second-order valence-electron chi connectivity index (χ2n) is 8.14. The molecule has 0 spiro atoms. The number of pyridine rings is 1.